The van der Waals surface area contributed by atoms with E-state index in [-0.39, 0.29) is 6.09 Å². The van der Waals surface area contributed by atoms with Crippen LogP contribution in [0.1, 0.15) is 59.8 Å². The van der Waals surface area contributed by atoms with Gasteiger partial charge in [0.1, 0.15) is 5.60 Å². The van der Waals surface area contributed by atoms with Crippen molar-refractivity contribution in [2.24, 2.45) is 11.8 Å². The first-order valence-corrected chi connectivity index (χ1v) is 8.55. The molecule has 0 bridgehead atoms. The maximum atomic E-state index is 12.2. The lowest BCUT2D eigenvalue weighted by atomic mass is 9.81. The van der Waals surface area contributed by atoms with Crippen LogP contribution in [0.4, 0.5) is 4.79 Å². The molecule has 1 amide bonds. The molecule has 0 aromatic rings. The third-order valence-corrected chi connectivity index (χ3v) is 4.74. The van der Waals surface area contributed by atoms with Gasteiger partial charge < -0.3 is 15.0 Å². The van der Waals surface area contributed by atoms with Gasteiger partial charge in [-0.25, -0.2) is 4.79 Å². The summed E-state index contributed by atoms with van der Waals surface area (Å²) in [6.45, 7) is 11.2. The van der Waals surface area contributed by atoms with Crippen LogP contribution in [0.3, 0.4) is 0 Å². The molecule has 0 spiro atoms. The van der Waals surface area contributed by atoms with Gasteiger partial charge in [0, 0.05) is 12.6 Å². The smallest absolute Gasteiger partial charge is 0.410 e. The number of amides is 1. The Hall–Kier alpha value is -0.770. The average Bonchev–Trinajstić information content (AvgIpc) is 2.37. The van der Waals surface area contributed by atoms with Crippen LogP contribution >= 0.6 is 0 Å². The molecule has 0 saturated carbocycles. The lowest BCUT2D eigenvalue weighted by molar-refractivity contribution is 0.00565. The van der Waals surface area contributed by atoms with Crippen LogP contribution in [0.25, 0.3) is 0 Å². The van der Waals surface area contributed by atoms with Crippen molar-refractivity contribution in [2.75, 3.05) is 19.6 Å². The Morgan fingerprint density at radius 3 is 2.43 bits per heavy atom. The number of carbonyl (C=O) groups excluding carboxylic acids is 1. The number of nitrogens with zero attached hydrogens (tertiary/aromatic N) is 1. The zero-order chi connectivity index (χ0) is 15.5. The summed E-state index contributed by atoms with van der Waals surface area (Å²) in [6.07, 6.45) is 6.10. The number of likely N-dealkylation sites (tertiary alicyclic amines) is 1. The van der Waals surface area contributed by atoms with E-state index in [1.165, 1.54) is 32.4 Å². The second-order valence-corrected chi connectivity index (χ2v) is 7.84. The standard InChI is InChI=1S/C17H32N2O2/c1-13-11-15(12-14-5-8-18-9-6-14)7-10-19(13)16(20)21-17(2,3)4/h13-15,18H,5-12H2,1-4H3/t13-,15?/m0/s1. The van der Waals surface area contributed by atoms with Gasteiger partial charge in [-0.1, -0.05) is 0 Å². The van der Waals surface area contributed by atoms with E-state index in [1.807, 2.05) is 25.7 Å². The molecule has 2 heterocycles. The summed E-state index contributed by atoms with van der Waals surface area (Å²) >= 11 is 0. The van der Waals surface area contributed by atoms with E-state index in [2.05, 4.69) is 12.2 Å². The third-order valence-electron chi connectivity index (χ3n) is 4.74. The Morgan fingerprint density at radius 2 is 1.86 bits per heavy atom. The highest BCUT2D eigenvalue weighted by atomic mass is 16.6. The van der Waals surface area contributed by atoms with E-state index in [0.717, 1.165) is 31.2 Å². The van der Waals surface area contributed by atoms with Gasteiger partial charge in [0.25, 0.3) is 0 Å². The van der Waals surface area contributed by atoms with Crippen LogP contribution in [0.5, 0.6) is 0 Å². The number of hydrogen-bond acceptors (Lipinski definition) is 3. The van der Waals surface area contributed by atoms with Crippen molar-refractivity contribution in [1.29, 1.82) is 0 Å². The highest BCUT2D eigenvalue weighted by Crippen LogP contribution is 2.31. The fourth-order valence-corrected chi connectivity index (χ4v) is 3.66. The van der Waals surface area contributed by atoms with Crippen LogP contribution in [0.15, 0.2) is 0 Å². The first kappa shape index (κ1) is 16.6. The first-order chi connectivity index (χ1) is 9.85. The number of hydrogen-bond donors (Lipinski definition) is 1. The summed E-state index contributed by atoms with van der Waals surface area (Å²) < 4.78 is 5.51. The summed E-state index contributed by atoms with van der Waals surface area (Å²) in [5, 5.41) is 3.43. The van der Waals surface area contributed by atoms with Crippen molar-refractivity contribution >= 4 is 6.09 Å². The molecule has 4 heteroatoms. The summed E-state index contributed by atoms with van der Waals surface area (Å²) in [5.41, 5.74) is -0.400. The fraction of sp³-hybridized carbons (Fsp3) is 0.941. The molecule has 4 nitrogen and oxygen atoms in total. The summed E-state index contributed by atoms with van der Waals surface area (Å²) in [4.78, 5) is 14.1. The number of rotatable bonds is 2. The SMILES string of the molecule is C[C@H]1CC(CC2CCNCC2)CCN1C(=O)OC(C)(C)C. The molecule has 0 aromatic carbocycles. The molecule has 122 valence electrons. The molecular formula is C17H32N2O2. The zero-order valence-electron chi connectivity index (χ0n) is 14.2. The molecule has 2 aliphatic rings. The second-order valence-electron chi connectivity index (χ2n) is 7.84. The van der Waals surface area contributed by atoms with Crippen LogP contribution in [-0.2, 0) is 4.74 Å². The summed E-state index contributed by atoms with van der Waals surface area (Å²) in [5.74, 6) is 1.67. The van der Waals surface area contributed by atoms with Gasteiger partial charge >= 0.3 is 6.09 Å². The maximum absolute atomic E-state index is 12.2. The Balaban J connectivity index is 1.79. The number of ether oxygens (including phenoxy) is 1. The van der Waals surface area contributed by atoms with Crippen LogP contribution in [-0.4, -0.2) is 42.3 Å². The second kappa shape index (κ2) is 6.99. The third kappa shape index (κ3) is 5.17. The minimum Gasteiger partial charge on any atom is -0.444 e. The first-order valence-electron chi connectivity index (χ1n) is 8.55. The molecule has 1 unspecified atom stereocenters. The predicted octanol–water partition coefficient (Wildman–Crippen LogP) is 3.41. The summed E-state index contributed by atoms with van der Waals surface area (Å²) in [6, 6.07) is 0.306. The van der Waals surface area contributed by atoms with Gasteiger partial charge in [-0.2, -0.15) is 0 Å². The van der Waals surface area contributed by atoms with Gasteiger partial charge in [0.05, 0.1) is 0 Å². The Bertz CT molecular complexity index is 345. The molecule has 2 fully saturated rings. The van der Waals surface area contributed by atoms with Crippen LogP contribution < -0.4 is 5.32 Å². The van der Waals surface area contributed by atoms with Crippen LogP contribution in [0.2, 0.25) is 0 Å². The molecule has 21 heavy (non-hydrogen) atoms. The Labute approximate surface area is 129 Å². The number of piperidine rings is 2. The molecule has 0 radical (unpaired) electrons. The highest BCUT2D eigenvalue weighted by Gasteiger charge is 2.32. The molecule has 2 rings (SSSR count). The summed E-state index contributed by atoms with van der Waals surface area (Å²) in [7, 11) is 0. The molecule has 2 saturated heterocycles. The van der Waals surface area contributed by atoms with Crippen molar-refractivity contribution in [1.82, 2.24) is 10.2 Å². The lowest BCUT2D eigenvalue weighted by Gasteiger charge is -2.39. The van der Waals surface area contributed by atoms with E-state index in [9.17, 15) is 4.79 Å². The van der Waals surface area contributed by atoms with Gasteiger partial charge in [-0.3, -0.25) is 0 Å². The van der Waals surface area contributed by atoms with Crippen LogP contribution in [0, 0.1) is 11.8 Å². The minimum atomic E-state index is -0.400. The molecule has 2 aliphatic heterocycles. The maximum Gasteiger partial charge on any atom is 0.410 e. The number of nitrogens with one attached hydrogen (secondary N) is 1. The van der Waals surface area contributed by atoms with Gasteiger partial charge in [0.2, 0.25) is 0 Å². The molecular weight excluding hydrogens is 264 g/mol. The van der Waals surface area contributed by atoms with Crippen molar-refractivity contribution in [2.45, 2.75) is 71.4 Å². The quantitative estimate of drug-likeness (QED) is 0.849. The van der Waals surface area contributed by atoms with Crippen molar-refractivity contribution < 1.29 is 9.53 Å². The van der Waals surface area contributed by atoms with E-state index in [1.54, 1.807) is 0 Å². The Kier molecular flexibility index (Phi) is 5.53. The van der Waals surface area contributed by atoms with Gasteiger partial charge in [-0.15, -0.1) is 0 Å². The topological polar surface area (TPSA) is 41.6 Å². The van der Waals surface area contributed by atoms with E-state index < -0.39 is 5.60 Å². The monoisotopic (exact) mass is 296 g/mol. The Morgan fingerprint density at radius 1 is 1.19 bits per heavy atom. The van der Waals surface area contributed by atoms with Gasteiger partial charge in [0.15, 0.2) is 0 Å². The zero-order valence-corrected chi connectivity index (χ0v) is 14.2. The largest absolute Gasteiger partial charge is 0.444 e. The van der Waals surface area contributed by atoms with Crippen molar-refractivity contribution in [3.8, 4) is 0 Å². The normalized spacial score (nSPS) is 28.5. The fourth-order valence-electron chi connectivity index (χ4n) is 3.66. The predicted molar refractivity (Wildman–Crippen MR) is 85.3 cm³/mol. The molecule has 0 aromatic heterocycles. The minimum absolute atomic E-state index is 0.143. The van der Waals surface area contributed by atoms with Gasteiger partial charge in [-0.05, 0) is 84.7 Å². The highest BCUT2D eigenvalue weighted by molar-refractivity contribution is 5.68. The molecule has 2 atom stereocenters. The average molecular weight is 296 g/mol. The van der Waals surface area contributed by atoms with E-state index in [0.29, 0.717) is 6.04 Å². The van der Waals surface area contributed by atoms with Crippen molar-refractivity contribution in [3.05, 3.63) is 0 Å². The van der Waals surface area contributed by atoms with E-state index in [4.69, 9.17) is 4.74 Å². The number of carbonyl (C=O) groups is 1. The molecule has 0 aliphatic carbocycles. The lowest BCUT2D eigenvalue weighted by Crippen LogP contribution is -2.47. The van der Waals surface area contributed by atoms with Crippen molar-refractivity contribution in [3.63, 3.8) is 0 Å². The molecule has 1 N–H and O–H groups in total. The van der Waals surface area contributed by atoms with E-state index >= 15 is 0 Å².